The third-order valence-electron chi connectivity index (χ3n) is 3.47. The van der Waals surface area contributed by atoms with Crippen molar-refractivity contribution in [3.63, 3.8) is 0 Å². The molecule has 1 heterocycles. The van der Waals surface area contributed by atoms with E-state index in [1.54, 1.807) is 0 Å². The first-order chi connectivity index (χ1) is 13.0. The molecule has 1 aromatic heterocycles. The number of ether oxygens (including phenoxy) is 1. The minimum atomic E-state index is -1.84. The number of H-pyrrole nitrogens is 1. The number of nitrogen functional groups attached to an aromatic ring is 1. The molecule has 2 aromatic rings. The molecule has 0 atom stereocenters. The second-order valence-corrected chi connectivity index (χ2v) is 5.22. The number of nitrogens with zero attached hydrogens (tertiary/aromatic N) is 1. The van der Waals surface area contributed by atoms with Crippen LogP contribution in [0, 0.1) is 10.1 Å². The van der Waals surface area contributed by atoms with Gasteiger partial charge in [-0.3, -0.25) is 14.9 Å². The molecule has 0 spiro atoms. The van der Waals surface area contributed by atoms with Gasteiger partial charge in [0.1, 0.15) is 22.7 Å². The lowest BCUT2D eigenvalue weighted by Gasteiger charge is -2.15. The van der Waals surface area contributed by atoms with Crippen molar-refractivity contribution in [1.29, 1.82) is 0 Å². The number of aromatic nitrogens is 1. The average Bonchev–Trinajstić information content (AvgIpc) is 2.58. The molecule has 0 amide bonds. The van der Waals surface area contributed by atoms with Gasteiger partial charge in [0.25, 0.3) is 11.2 Å². The molecule has 6 N–H and O–H groups in total. The highest BCUT2D eigenvalue weighted by Gasteiger charge is 2.29. The molecule has 13 nitrogen and oxygen atoms in total. The molecule has 0 bridgehead atoms. The van der Waals surface area contributed by atoms with E-state index in [9.17, 15) is 39.5 Å². The predicted octanol–water partition coefficient (Wildman–Crippen LogP) is 0.392. The lowest BCUT2D eigenvalue weighted by Crippen LogP contribution is -2.24. The Morgan fingerprint density at radius 1 is 1.14 bits per heavy atom. The predicted molar refractivity (Wildman–Crippen MR) is 90.6 cm³/mol. The van der Waals surface area contributed by atoms with E-state index in [-0.39, 0.29) is 0 Å². The van der Waals surface area contributed by atoms with Crippen LogP contribution in [0.5, 0.6) is 5.75 Å². The van der Waals surface area contributed by atoms with Crippen molar-refractivity contribution in [2.45, 2.75) is 0 Å². The van der Waals surface area contributed by atoms with Gasteiger partial charge in [0, 0.05) is 23.3 Å². The van der Waals surface area contributed by atoms with Crippen LogP contribution < -0.4 is 16.0 Å². The highest BCUT2D eigenvalue weighted by Crippen LogP contribution is 2.38. The summed E-state index contributed by atoms with van der Waals surface area (Å²) >= 11 is 0. The van der Waals surface area contributed by atoms with Gasteiger partial charge in [-0.15, -0.1) is 0 Å². The fourth-order valence-corrected chi connectivity index (χ4v) is 2.41. The van der Waals surface area contributed by atoms with E-state index < -0.39 is 74.5 Å². The van der Waals surface area contributed by atoms with E-state index >= 15 is 0 Å². The van der Waals surface area contributed by atoms with Gasteiger partial charge in [0.15, 0.2) is 6.61 Å². The molecule has 0 radical (unpaired) electrons. The standard InChI is InChI=1S/C15H11N3O10/c16-12-10(14(22)23)9(11(15(24)25)13(21)17-12)6-3-5(18(26)27)1-2-7(6)28-4-8(19)20/h1-3H,4H2,(H,19,20)(H,22,23)(H,24,25)(H3,16,17,21). The Balaban J connectivity index is 2.99. The summed E-state index contributed by atoms with van der Waals surface area (Å²) < 4.78 is 4.98. The van der Waals surface area contributed by atoms with Gasteiger partial charge < -0.3 is 30.8 Å². The number of aromatic carboxylic acids is 2. The monoisotopic (exact) mass is 393 g/mol. The first-order valence-electron chi connectivity index (χ1n) is 7.20. The lowest BCUT2D eigenvalue weighted by molar-refractivity contribution is -0.384. The molecule has 0 aliphatic carbocycles. The summed E-state index contributed by atoms with van der Waals surface area (Å²) in [6.07, 6.45) is 0. The zero-order chi connectivity index (χ0) is 21.2. The van der Waals surface area contributed by atoms with Crippen LogP contribution in [0.1, 0.15) is 20.7 Å². The van der Waals surface area contributed by atoms with Gasteiger partial charge in [-0.2, -0.15) is 0 Å². The number of nitro groups is 1. The van der Waals surface area contributed by atoms with E-state index in [0.29, 0.717) is 0 Å². The summed E-state index contributed by atoms with van der Waals surface area (Å²) in [4.78, 5) is 58.1. The maximum atomic E-state index is 12.1. The Kier molecular flexibility index (Phi) is 5.29. The Morgan fingerprint density at radius 3 is 2.25 bits per heavy atom. The maximum Gasteiger partial charge on any atom is 0.342 e. The third-order valence-corrected chi connectivity index (χ3v) is 3.47. The number of benzene rings is 1. The first kappa shape index (κ1) is 19.9. The van der Waals surface area contributed by atoms with Gasteiger partial charge in [-0.1, -0.05) is 0 Å². The van der Waals surface area contributed by atoms with Crippen LogP contribution in [0.3, 0.4) is 0 Å². The van der Waals surface area contributed by atoms with E-state index in [1.807, 2.05) is 4.98 Å². The van der Waals surface area contributed by atoms with Crippen molar-refractivity contribution in [3.05, 3.63) is 49.8 Å². The number of hydrogen-bond acceptors (Lipinski definition) is 8. The second kappa shape index (κ2) is 7.45. The van der Waals surface area contributed by atoms with Crippen LogP contribution in [0.25, 0.3) is 11.1 Å². The largest absolute Gasteiger partial charge is 0.481 e. The maximum absolute atomic E-state index is 12.1. The highest BCUT2D eigenvalue weighted by molar-refractivity contribution is 6.08. The molecule has 2 rings (SSSR count). The molecule has 13 heteroatoms. The Hall–Kier alpha value is -4.42. The number of carboxylic acids is 3. The van der Waals surface area contributed by atoms with Crippen LogP contribution in [-0.4, -0.2) is 49.7 Å². The van der Waals surface area contributed by atoms with Crippen molar-refractivity contribution in [3.8, 4) is 16.9 Å². The number of aliphatic carboxylic acids is 1. The molecule has 1 aromatic carbocycles. The van der Waals surface area contributed by atoms with Crippen LogP contribution >= 0.6 is 0 Å². The van der Waals surface area contributed by atoms with E-state index in [0.717, 1.165) is 18.2 Å². The van der Waals surface area contributed by atoms with Crippen LogP contribution in [0.4, 0.5) is 11.5 Å². The number of carbonyl (C=O) groups is 3. The van der Waals surface area contributed by atoms with Crippen molar-refractivity contribution in [1.82, 2.24) is 4.98 Å². The number of nitrogens with two attached hydrogens (primary N) is 1. The molecule has 28 heavy (non-hydrogen) atoms. The van der Waals surface area contributed by atoms with E-state index in [4.69, 9.17) is 15.6 Å². The normalized spacial score (nSPS) is 10.3. The number of anilines is 1. The number of aromatic amines is 1. The molecule has 0 saturated heterocycles. The van der Waals surface area contributed by atoms with Crippen LogP contribution in [-0.2, 0) is 4.79 Å². The molecule has 0 fully saturated rings. The number of carboxylic acid groups (broad SMARTS) is 3. The Labute approximate surface area is 153 Å². The van der Waals surface area contributed by atoms with Crippen molar-refractivity contribution in [2.75, 3.05) is 12.3 Å². The number of nitro benzene ring substituents is 1. The molecule has 0 saturated carbocycles. The quantitative estimate of drug-likeness (QED) is 0.319. The van der Waals surface area contributed by atoms with Gasteiger partial charge in [-0.25, -0.2) is 14.4 Å². The SMILES string of the molecule is Nc1[nH]c(=O)c(C(=O)O)c(-c2cc([N+](=O)[O-])ccc2OCC(=O)O)c1C(=O)O. The minimum Gasteiger partial charge on any atom is -0.481 e. The van der Waals surface area contributed by atoms with Gasteiger partial charge >= 0.3 is 17.9 Å². The Bertz CT molecular complexity index is 1070. The zero-order valence-electron chi connectivity index (χ0n) is 13.7. The number of rotatable bonds is 7. The molecular weight excluding hydrogens is 382 g/mol. The summed E-state index contributed by atoms with van der Waals surface area (Å²) in [5.74, 6) is -6.10. The second-order valence-electron chi connectivity index (χ2n) is 5.22. The van der Waals surface area contributed by atoms with E-state index in [1.165, 1.54) is 0 Å². The average molecular weight is 393 g/mol. The van der Waals surface area contributed by atoms with Gasteiger partial charge in [0.2, 0.25) is 0 Å². The topological polar surface area (TPSA) is 223 Å². The third kappa shape index (κ3) is 3.72. The lowest BCUT2D eigenvalue weighted by atomic mass is 9.94. The van der Waals surface area contributed by atoms with Crippen molar-refractivity contribution in [2.24, 2.45) is 0 Å². The summed E-state index contributed by atoms with van der Waals surface area (Å²) in [5, 5.41) is 38.6. The summed E-state index contributed by atoms with van der Waals surface area (Å²) in [6.45, 7) is -0.922. The smallest absolute Gasteiger partial charge is 0.342 e. The zero-order valence-corrected chi connectivity index (χ0v) is 13.7. The van der Waals surface area contributed by atoms with Crippen molar-refractivity contribution >= 4 is 29.4 Å². The first-order valence-corrected chi connectivity index (χ1v) is 7.20. The van der Waals surface area contributed by atoms with E-state index in [2.05, 4.69) is 0 Å². The van der Waals surface area contributed by atoms with Gasteiger partial charge in [0.05, 0.1) is 4.92 Å². The fraction of sp³-hybridized carbons (Fsp3) is 0.0667. The van der Waals surface area contributed by atoms with Crippen LogP contribution in [0.2, 0.25) is 0 Å². The fourth-order valence-electron chi connectivity index (χ4n) is 2.41. The molecule has 0 aliphatic rings. The summed E-state index contributed by atoms with van der Waals surface area (Å²) in [6, 6.07) is 2.63. The minimum absolute atomic E-state index is 0.400. The number of pyridine rings is 1. The summed E-state index contributed by atoms with van der Waals surface area (Å²) in [7, 11) is 0. The number of non-ortho nitro benzene ring substituents is 1. The molecule has 0 aliphatic heterocycles. The van der Waals surface area contributed by atoms with Crippen molar-refractivity contribution < 1.29 is 39.4 Å². The highest BCUT2D eigenvalue weighted by atomic mass is 16.6. The summed E-state index contributed by atoms with van der Waals surface area (Å²) in [5.41, 5.74) is 0.477. The van der Waals surface area contributed by atoms with Gasteiger partial charge in [-0.05, 0) is 6.07 Å². The number of nitrogens with one attached hydrogen (secondary N) is 1. The molecular formula is C15H11N3O10. The Morgan fingerprint density at radius 2 is 1.75 bits per heavy atom. The molecule has 0 unspecified atom stereocenters. The molecule has 146 valence electrons. The van der Waals surface area contributed by atoms with Crippen LogP contribution in [0.15, 0.2) is 23.0 Å². The number of hydrogen-bond donors (Lipinski definition) is 5.